The average molecular weight is 377 g/mol. The topological polar surface area (TPSA) is 65.0 Å². The fraction of sp³-hybridized carbons (Fsp3) is 0.533. The first kappa shape index (κ1) is 20.2. The van der Waals surface area contributed by atoms with Crippen molar-refractivity contribution in [3.05, 3.63) is 28.8 Å². The molecule has 1 rings (SSSR count). The molecule has 0 heterocycles. The molecule has 0 fully saturated rings. The Hall–Kier alpha value is -0.866. The largest absolute Gasteiger partial charge is 0.494 e. The molecule has 1 N–H and O–H groups in total. The summed E-state index contributed by atoms with van der Waals surface area (Å²) in [5.74, 6) is -0.115. The van der Waals surface area contributed by atoms with E-state index in [2.05, 4.69) is 20.0 Å². The minimum Gasteiger partial charge on any atom is -0.494 e. The monoisotopic (exact) mass is 376 g/mol. The molecule has 0 saturated heterocycles. The summed E-state index contributed by atoms with van der Waals surface area (Å²) in [6.07, 6.45) is 1.76. The van der Waals surface area contributed by atoms with Crippen LogP contribution in [0.5, 0.6) is 5.75 Å². The molecule has 1 aromatic carbocycles. The van der Waals surface area contributed by atoms with Gasteiger partial charge in [-0.25, -0.2) is 4.79 Å². The number of carbonyl (C=O) groups is 1. The van der Waals surface area contributed by atoms with Crippen LogP contribution in [0.2, 0.25) is 18.1 Å². The van der Waals surface area contributed by atoms with Crippen molar-refractivity contribution in [2.45, 2.75) is 39.1 Å². The molecule has 130 valence electrons. The van der Waals surface area contributed by atoms with Gasteiger partial charge in [-0.15, -0.1) is 0 Å². The number of hydrogen-bond acceptors (Lipinski definition) is 4. The standard InChI is InChI=1S/C15H25ClO5Si2/c1-10(15(20-22-2)21-23-3)5-4-8-19-11-6-7-12(14(17)18)13(16)9-11/h6-7,9-10,15H,4-5,8,22-23H2,1-3H3,(H,17,18). The molecule has 0 aliphatic rings. The van der Waals surface area contributed by atoms with E-state index in [9.17, 15) is 4.79 Å². The maximum Gasteiger partial charge on any atom is 0.337 e. The second-order valence-corrected chi connectivity index (χ2v) is 7.42. The number of carboxylic acid groups (broad SMARTS) is 1. The van der Waals surface area contributed by atoms with E-state index >= 15 is 0 Å². The predicted octanol–water partition coefficient (Wildman–Crippen LogP) is 2.46. The number of hydrogen-bond donors (Lipinski definition) is 1. The highest BCUT2D eigenvalue weighted by Crippen LogP contribution is 2.23. The zero-order chi connectivity index (χ0) is 17.2. The van der Waals surface area contributed by atoms with Gasteiger partial charge < -0.3 is 18.7 Å². The molecule has 0 saturated carbocycles. The number of ether oxygens (including phenoxy) is 1. The Balaban J connectivity index is 2.39. The second-order valence-electron chi connectivity index (χ2n) is 5.19. The Morgan fingerprint density at radius 3 is 2.48 bits per heavy atom. The summed E-state index contributed by atoms with van der Waals surface area (Å²) < 4.78 is 17.1. The highest BCUT2D eigenvalue weighted by atomic mass is 35.5. The maximum atomic E-state index is 10.9. The Kier molecular flexibility index (Phi) is 9.50. The van der Waals surface area contributed by atoms with Crippen molar-refractivity contribution in [2.75, 3.05) is 6.61 Å². The summed E-state index contributed by atoms with van der Waals surface area (Å²) in [5.41, 5.74) is 0.0808. The van der Waals surface area contributed by atoms with Gasteiger partial charge in [0.1, 0.15) is 12.0 Å². The van der Waals surface area contributed by atoms with Crippen molar-refractivity contribution in [1.82, 2.24) is 0 Å². The Labute approximate surface area is 147 Å². The van der Waals surface area contributed by atoms with E-state index in [0.717, 1.165) is 12.8 Å². The molecule has 0 bridgehead atoms. The van der Waals surface area contributed by atoms with Gasteiger partial charge in [-0.2, -0.15) is 0 Å². The van der Waals surface area contributed by atoms with E-state index in [4.69, 9.17) is 30.3 Å². The van der Waals surface area contributed by atoms with E-state index < -0.39 is 25.5 Å². The van der Waals surface area contributed by atoms with Gasteiger partial charge in [0.2, 0.25) is 0 Å². The fourth-order valence-corrected chi connectivity index (χ4v) is 4.15. The summed E-state index contributed by atoms with van der Waals surface area (Å²) in [6, 6.07) is 4.62. The van der Waals surface area contributed by atoms with Crippen LogP contribution in [0.15, 0.2) is 18.2 Å². The summed E-state index contributed by atoms with van der Waals surface area (Å²) in [5, 5.41) is 9.11. The molecular weight excluding hydrogens is 352 g/mol. The van der Waals surface area contributed by atoms with E-state index in [1.165, 1.54) is 12.1 Å². The molecule has 23 heavy (non-hydrogen) atoms. The van der Waals surface area contributed by atoms with Crippen LogP contribution in [0.25, 0.3) is 0 Å². The third kappa shape index (κ3) is 7.05. The highest BCUT2D eigenvalue weighted by Gasteiger charge is 2.16. The molecule has 1 aromatic rings. The van der Waals surface area contributed by atoms with Gasteiger partial charge in [0.15, 0.2) is 19.5 Å². The molecule has 0 spiro atoms. The smallest absolute Gasteiger partial charge is 0.337 e. The van der Waals surface area contributed by atoms with Crippen molar-refractivity contribution in [2.24, 2.45) is 5.92 Å². The number of rotatable bonds is 11. The quantitative estimate of drug-likeness (QED) is 0.365. The zero-order valence-corrected chi connectivity index (χ0v) is 17.5. The maximum absolute atomic E-state index is 10.9. The summed E-state index contributed by atoms with van der Waals surface area (Å²) in [6.45, 7) is 6.89. The third-order valence-electron chi connectivity index (χ3n) is 3.37. The SMILES string of the molecule is C[SiH2]OC(O[SiH2]C)C(C)CCCOc1ccc(C(=O)O)c(Cl)c1. The lowest BCUT2D eigenvalue weighted by Gasteiger charge is -2.24. The zero-order valence-electron chi connectivity index (χ0n) is 13.9. The molecule has 1 atom stereocenters. The van der Waals surface area contributed by atoms with Crippen LogP contribution in [0.1, 0.15) is 30.1 Å². The molecule has 0 aliphatic carbocycles. The molecule has 0 aromatic heterocycles. The van der Waals surface area contributed by atoms with Crippen LogP contribution in [0, 0.1) is 5.92 Å². The molecule has 1 unspecified atom stereocenters. The van der Waals surface area contributed by atoms with Crippen LogP contribution in [0.3, 0.4) is 0 Å². The molecule has 5 nitrogen and oxygen atoms in total. The number of benzene rings is 1. The van der Waals surface area contributed by atoms with Crippen LogP contribution in [0.4, 0.5) is 0 Å². The Morgan fingerprint density at radius 1 is 1.30 bits per heavy atom. The van der Waals surface area contributed by atoms with Crippen molar-refractivity contribution in [3.8, 4) is 5.75 Å². The minimum atomic E-state index is -1.04. The van der Waals surface area contributed by atoms with Crippen molar-refractivity contribution >= 4 is 37.1 Å². The summed E-state index contributed by atoms with van der Waals surface area (Å²) in [4.78, 5) is 10.9. The van der Waals surface area contributed by atoms with Gasteiger partial charge in [0, 0.05) is 5.92 Å². The van der Waals surface area contributed by atoms with Gasteiger partial charge >= 0.3 is 5.97 Å². The normalized spacial score (nSPS) is 14.6. The first-order chi connectivity index (χ1) is 11.0. The van der Waals surface area contributed by atoms with Crippen LogP contribution < -0.4 is 4.74 Å². The van der Waals surface area contributed by atoms with Crippen LogP contribution in [-0.2, 0) is 8.85 Å². The van der Waals surface area contributed by atoms with Crippen LogP contribution in [-0.4, -0.2) is 43.5 Å². The molecule has 8 heteroatoms. The Morgan fingerprint density at radius 2 is 1.96 bits per heavy atom. The minimum absolute atomic E-state index is 0.0624. The lowest BCUT2D eigenvalue weighted by molar-refractivity contribution is -0.0350. The van der Waals surface area contributed by atoms with Gasteiger partial charge in [0.05, 0.1) is 17.2 Å². The van der Waals surface area contributed by atoms with Crippen molar-refractivity contribution in [3.63, 3.8) is 0 Å². The van der Waals surface area contributed by atoms with E-state index in [-0.39, 0.29) is 16.9 Å². The van der Waals surface area contributed by atoms with E-state index in [1.807, 2.05) is 0 Å². The fourth-order valence-electron chi connectivity index (χ4n) is 2.20. The number of aromatic carboxylic acids is 1. The van der Waals surface area contributed by atoms with Crippen molar-refractivity contribution < 1.29 is 23.5 Å². The third-order valence-corrected chi connectivity index (χ3v) is 5.01. The molecular formula is C15H25ClO5Si2. The second kappa shape index (κ2) is 10.8. The number of halogens is 1. The summed E-state index contributed by atoms with van der Waals surface area (Å²) >= 11 is 5.91. The lowest BCUT2D eigenvalue weighted by Crippen LogP contribution is -2.27. The first-order valence-corrected chi connectivity index (χ1v) is 12.2. The van der Waals surface area contributed by atoms with Gasteiger partial charge in [-0.05, 0) is 31.0 Å². The Bertz CT molecular complexity index is 495. The molecule has 0 aliphatic heterocycles. The number of carboxylic acids is 1. The predicted molar refractivity (Wildman–Crippen MR) is 97.1 cm³/mol. The van der Waals surface area contributed by atoms with Gasteiger partial charge in [-0.1, -0.05) is 31.6 Å². The highest BCUT2D eigenvalue weighted by molar-refractivity contribution is 6.33. The van der Waals surface area contributed by atoms with Crippen LogP contribution >= 0.6 is 11.6 Å². The first-order valence-electron chi connectivity index (χ1n) is 7.88. The molecule has 0 amide bonds. The van der Waals surface area contributed by atoms with E-state index in [1.54, 1.807) is 6.07 Å². The van der Waals surface area contributed by atoms with Crippen molar-refractivity contribution in [1.29, 1.82) is 0 Å². The molecule has 0 radical (unpaired) electrons. The van der Waals surface area contributed by atoms with E-state index in [0.29, 0.717) is 18.3 Å². The average Bonchev–Trinajstić information content (AvgIpc) is 2.51. The van der Waals surface area contributed by atoms with Gasteiger partial charge in [-0.3, -0.25) is 0 Å². The van der Waals surface area contributed by atoms with Gasteiger partial charge in [0.25, 0.3) is 0 Å². The lowest BCUT2D eigenvalue weighted by atomic mass is 10.1. The summed E-state index contributed by atoms with van der Waals surface area (Å²) in [7, 11) is -0.957.